The number of carbonyl (C=O) groups excluding carboxylic acids is 1. The Hall–Kier alpha value is -2.65. The monoisotopic (exact) mass is 478 g/mol. The van der Waals surface area contributed by atoms with E-state index in [1.165, 1.54) is 12.1 Å². The molecule has 0 spiro atoms. The maximum atomic E-state index is 13.0. The SMILES string of the molecule is CN(C)CCCNC(=O)[C@@H]1C[C@H](COc2cccc(C(F)(F)F)c2)CN(Cc2ccncc2)C1. The third-order valence-electron chi connectivity index (χ3n) is 5.87. The Bertz CT molecular complexity index is 909. The van der Waals surface area contributed by atoms with E-state index in [4.69, 9.17) is 4.74 Å². The van der Waals surface area contributed by atoms with Gasteiger partial charge >= 0.3 is 6.18 Å². The van der Waals surface area contributed by atoms with Crippen LogP contribution < -0.4 is 10.1 Å². The Morgan fingerprint density at radius 2 is 1.97 bits per heavy atom. The number of amides is 1. The molecule has 3 rings (SSSR count). The number of aromatic nitrogens is 1. The van der Waals surface area contributed by atoms with Crippen LogP contribution in [0, 0.1) is 11.8 Å². The van der Waals surface area contributed by atoms with Crippen molar-refractivity contribution >= 4 is 5.91 Å². The van der Waals surface area contributed by atoms with E-state index >= 15 is 0 Å². The normalized spacial score (nSPS) is 19.2. The van der Waals surface area contributed by atoms with Crippen LogP contribution in [0.3, 0.4) is 0 Å². The van der Waals surface area contributed by atoms with E-state index in [-0.39, 0.29) is 30.1 Å². The van der Waals surface area contributed by atoms with Gasteiger partial charge in [-0.3, -0.25) is 14.7 Å². The number of piperidine rings is 1. The lowest BCUT2D eigenvalue weighted by atomic mass is 9.88. The Kier molecular flexibility index (Phi) is 9.29. The molecule has 2 heterocycles. The topological polar surface area (TPSA) is 57.7 Å². The molecule has 1 aliphatic rings. The summed E-state index contributed by atoms with van der Waals surface area (Å²) in [7, 11) is 3.99. The molecule has 0 bridgehead atoms. The number of alkyl halides is 3. The molecule has 0 aliphatic carbocycles. The number of nitrogens with one attached hydrogen (secondary N) is 1. The van der Waals surface area contributed by atoms with Crippen LogP contribution >= 0.6 is 0 Å². The lowest BCUT2D eigenvalue weighted by Crippen LogP contribution is -2.47. The van der Waals surface area contributed by atoms with Gasteiger partial charge in [0.05, 0.1) is 18.1 Å². The van der Waals surface area contributed by atoms with Crippen LogP contribution in [0.5, 0.6) is 5.75 Å². The van der Waals surface area contributed by atoms with Crippen molar-refractivity contribution in [2.45, 2.75) is 25.6 Å². The second-order valence-electron chi connectivity index (χ2n) is 9.13. The Labute approximate surface area is 199 Å². The van der Waals surface area contributed by atoms with Gasteiger partial charge in [-0.2, -0.15) is 13.2 Å². The first-order valence-corrected chi connectivity index (χ1v) is 11.5. The number of halogens is 3. The third-order valence-corrected chi connectivity index (χ3v) is 5.87. The molecule has 1 aromatic heterocycles. The van der Waals surface area contributed by atoms with Crippen molar-refractivity contribution in [3.63, 3.8) is 0 Å². The fourth-order valence-corrected chi connectivity index (χ4v) is 4.22. The van der Waals surface area contributed by atoms with Crippen molar-refractivity contribution in [1.82, 2.24) is 20.1 Å². The molecule has 1 aliphatic heterocycles. The Balaban J connectivity index is 1.63. The predicted molar refractivity (Wildman–Crippen MR) is 124 cm³/mol. The van der Waals surface area contributed by atoms with E-state index < -0.39 is 11.7 Å². The summed E-state index contributed by atoms with van der Waals surface area (Å²) in [6.45, 7) is 3.76. The molecule has 2 aromatic rings. The number of hydrogen-bond donors (Lipinski definition) is 1. The van der Waals surface area contributed by atoms with Crippen LogP contribution in [0.4, 0.5) is 13.2 Å². The van der Waals surface area contributed by atoms with Gasteiger partial charge in [0.2, 0.25) is 5.91 Å². The van der Waals surface area contributed by atoms with Crippen LogP contribution in [0.2, 0.25) is 0 Å². The van der Waals surface area contributed by atoms with E-state index in [2.05, 4.69) is 20.1 Å². The highest BCUT2D eigenvalue weighted by Crippen LogP contribution is 2.32. The van der Waals surface area contributed by atoms with Gasteiger partial charge in [0, 0.05) is 44.5 Å². The highest BCUT2D eigenvalue weighted by atomic mass is 19.4. The lowest BCUT2D eigenvalue weighted by molar-refractivity contribution is -0.137. The number of carbonyl (C=O) groups is 1. The zero-order chi connectivity index (χ0) is 24.6. The van der Waals surface area contributed by atoms with Gasteiger partial charge < -0.3 is 15.0 Å². The minimum absolute atomic E-state index is 0.0160. The molecule has 1 N–H and O–H groups in total. The minimum atomic E-state index is -4.42. The molecule has 186 valence electrons. The summed E-state index contributed by atoms with van der Waals surface area (Å²) in [5, 5.41) is 3.04. The molecule has 1 fully saturated rings. The largest absolute Gasteiger partial charge is 0.493 e. The number of hydrogen-bond acceptors (Lipinski definition) is 5. The maximum absolute atomic E-state index is 13.0. The van der Waals surface area contributed by atoms with E-state index in [0.717, 1.165) is 30.7 Å². The first-order valence-electron chi connectivity index (χ1n) is 11.5. The zero-order valence-electron chi connectivity index (χ0n) is 19.7. The molecular formula is C25H33F3N4O2. The van der Waals surface area contributed by atoms with E-state index in [9.17, 15) is 18.0 Å². The number of pyridine rings is 1. The second-order valence-corrected chi connectivity index (χ2v) is 9.13. The van der Waals surface area contributed by atoms with Crippen molar-refractivity contribution < 1.29 is 22.7 Å². The van der Waals surface area contributed by atoms with Crippen LogP contribution in [0.25, 0.3) is 0 Å². The molecular weight excluding hydrogens is 445 g/mol. The number of nitrogens with zero attached hydrogens (tertiary/aromatic N) is 3. The van der Waals surface area contributed by atoms with Crippen LogP contribution in [-0.4, -0.2) is 67.6 Å². The Morgan fingerprint density at radius 1 is 1.21 bits per heavy atom. The van der Waals surface area contributed by atoms with Crippen molar-refractivity contribution in [2.24, 2.45) is 11.8 Å². The smallest absolute Gasteiger partial charge is 0.416 e. The summed E-state index contributed by atoms with van der Waals surface area (Å²) in [6, 6.07) is 8.81. The fourth-order valence-electron chi connectivity index (χ4n) is 4.22. The number of rotatable bonds is 10. The van der Waals surface area contributed by atoms with E-state index in [0.29, 0.717) is 32.6 Å². The van der Waals surface area contributed by atoms with Gasteiger partial charge in [0.25, 0.3) is 0 Å². The van der Waals surface area contributed by atoms with Gasteiger partial charge in [0.1, 0.15) is 5.75 Å². The standard InChI is InChI=1S/C25H33F3N4O2/c1-31(2)12-4-9-30-24(33)21-13-20(16-32(17-21)15-19-7-10-29-11-8-19)18-34-23-6-3-5-22(14-23)25(26,27)28/h3,5-8,10-11,14,20-21H,4,9,12-13,15-18H2,1-2H3,(H,30,33)/t20-,21+/m0/s1. The molecule has 34 heavy (non-hydrogen) atoms. The van der Waals surface area contributed by atoms with Gasteiger partial charge in [-0.1, -0.05) is 6.07 Å². The number of likely N-dealkylation sites (tertiary alicyclic amines) is 1. The molecule has 0 saturated carbocycles. The number of benzene rings is 1. The fraction of sp³-hybridized carbons (Fsp3) is 0.520. The highest BCUT2D eigenvalue weighted by molar-refractivity contribution is 5.79. The third kappa shape index (κ3) is 8.29. The molecule has 0 radical (unpaired) electrons. The maximum Gasteiger partial charge on any atom is 0.416 e. The van der Waals surface area contributed by atoms with E-state index in [1.807, 2.05) is 26.2 Å². The van der Waals surface area contributed by atoms with Crippen molar-refractivity contribution in [3.8, 4) is 5.75 Å². The molecule has 0 unspecified atom stereocenters. The molecule has 2 atom stereocenters. The molecule has 1 amide bonds. The van der Waals surface area contributed by atoms with Gasteiger partial charge in [-0.15, -0.1) is 0 Å². The lowest BCUT2D eigenvalue weighted by Gasteiger charge is -2.37. The molecule has 1 aromatic carbocycles. The summed E-state index contributed by atoms with van der Waals surface area (Å²) in [5.74, 6) is 0.0146. The average Bonchev–Trinajstić information content (AvgIpc) is 2.80. The molecule has 1 saturated heterocycles. The predicted octanol–water partition coefficient (Wildman–Crippen LogP) is 3.69. The van der Waals surface area contributed by atoms with Crippen molar-refractivity contribution in [1.29, 1.82) is 0 Å². The van der Waals surface area contributed by atoms with Crippen LogP contribution in [0.15, 0.2) is 48.8 Å². The highest BCUT2D eigenvalue weighted by Gasteiger charge is 2.33. The average molecular weight is 479 g/mol. The molecule has 9 heteroatoms. The zero-order valence-corrected chi connectivity index (χ0v) is 19.7. The van der Waals surface area contributed by atoms with Crippen LogP contribution in [0.1, 0.15) is 24.0 Å². The number of ether oxygens (including phenoxy) is 1. The van der Waals surface area contributed by atoms with Crippen molar-refractivity contribution in [2.75, 3.05) is 46.9 Å². The summed E-state index contributed by atoms with van der Waals surface area (Å²) in [4.78, 5) is 21.2. The summed E-state index contributed by atoms with van der Waals surface area (Å²) < 4.78 is 44.8. The first kappa shape index (κ1) is 26.0. The van der Waals surface area contributed by atoms with Gasteiger partial charge in [-0.05, 0) is 69.4 Å². The van der Waals surface area contributed by atoms with Crippen LogP contribution in [-0.2, 0) is 17.5 Å². The van der Waals surface area contributed by atoms with Crippen molar-refractivity contribution in [3.05, 3.63) is 59.9 Å². The Morgan fingerprint density at radius 3 is 2.68 bits per heavy atom. The van der Waals surface area contributed by atoms with Gasteiger partial charge in [0.15, 0.2) is 0 Å². The summed E-state index contributed by atoms with van der Waals surface area (Å²) >= 11 is 0. The summed E-state index contributed by atoms with van der Waals surface area (Å²) in [6.07, 6.45) is 0.561. The van der Waals surface area contributed by atoms with Gasteiger partial charge in [-0.25, -0.2) is 0 Å². The first-order chi connectivity index (χ1) is 16.2. The van der Waals surface area contributed by atoms with E-state index in [1.54, 1.807) is 12.4 Å². The molecule has 6 nitrogen and oxygen atoms in total. The summed E-state index contributed by atoms with van der Waals surface area (Å²) in [5.41, 5.74) is 0.363. The second kappa shape index (κ2) is 12.2. The minimum Gasteiger partial charge on any atom is -0.493 e. The quantitative estimate of drug-likeness (QED) is 0.528.